The molecule has 1 fully saturated rings. The van der Waals surface area contributed by atoms with Crippen molar-refractivity contribution in [1.29, 1.82) is 0 Å². The van der Waals surface area contributed by atoms with Crippen LogP contribution in [-0.2, 0) is 30.8 Å². The van der Waals surface area contributed by atoms with Gasteiger partial charge in [-0.1, -0.05) is 22.9 Å². The lowest BCUT2D eigenvalue weighted by molar-refractivity contribution is -0.142. The summed E-state index contributed by atoms with van der Waals surface area (Å²) in [5, 5.41) is 11.1. The molecule has 0 bridgehead atoms. The molecule has 0 spiro atoms. The maximum atomic E-state index is 12.6. The molecule has 29 heavy (non-hydrogen) atoms. The number of anilines is 2. The Morgan fingerprint density at radius 3 is 2.86 bits per heavy atom. The van der Waals surface area contributed by atoms with E-state index < -0.39 is 10.0 Å². The van der Waals surface area contributed by atoms with Gasteiger partial charge in [-0.25, -0.2) is 8.42 Å². The summed E-state index contributed by atoms with van der Waals surface area (Å²) in [7, 11) is -3.93. The molecule has 0 aliphatic carbocycles. The van der Waals surface area contributed by atoms with Crippen LogP contribution in [0.4, 0.5) is 10.8 Å². The first-order valence-electron chi connectivity index (χ1n) is 8.52. The van der Waals surface area contributed by atoms with Crippen molar-refractivity contribution in [3.63, 3.8) is 0 Å². The van der Waals surface area contributed by atoms with E-state index >= 15 is 0 Å². The van der Waals surface area contributed by atoms with Crippen molar-refractivity contribution in [3.05, 3.63) is 28.2 Å². The Labute approximate surface area is 176 Å². The third kappa shape index (κ3) is 5.63. The fraction of sp³-hybridized carbons (Fsp3) is 0.375. The van der Waals surface area contributed by atoms with Gasteiger partial charge in [0.2, 0.25) is 16.9 Å². The molecular formula is C16H18ClN5O5S2. The van der Waals surface area contributed by atoms with Crippen LogP contribution in [0, 0.1) is 0 Å². The molecule has 0 saturated carbocycles. The second kappa shape index (κ2) is 9.03. The van der Waals surface area contributed by atoms with Crippen molar-refractivity contribution < 1.29 is 22.7 Å². The standard InChI is InChI=1S/C16H18ClN5O5S2/c1-10(23)18-13-3-2-11(8-12(13)17)29(25,26)21-16-20-19-14(28-16)4-5-22-6-7-27-9-15(22)24/h2-3,8H,4-7,9H2,1H3,(H,18,23)(H,20,21). The van der Waals surface area contributed by atoms with Gasteiger partial charge in [-0.15, -0.1) is 10.2 Å². The topological polar surface area (TPSA) is 131 Å². The molecule has 2 aromatic rings. The summed E-state index contributed by atoms with van der Waals surface area (Å²) in [6.07, 6.45) is 0.461. The molecule has 2 amide bonds. The molecule has 1 aliphatic heterocycles. The number of amides is 2. The highest BCUT2D eigenvalue weighted by Crippen LogP contribution is 2.27. The molecule has 156 valence electrons. The average Bonchev–Trinajstić information content (AvgIpc) is 3.09. The van der Waals surface area contributed by atoms with E-state index in [9.17, 15) is 18.0 Å². The lowest BCUT2D eigenvalue weighted by Gasteiger charge is -2.26. The summed E-state index contributed by atoms with van der Waals surface area (Å²) < 4.78 is 32.6. The molecular weight excluding hydrogens is 442 g/mol. The first-order chi connectivity index (χ1) is 13.7. The van der Waals surface area contributed by atoms with E-state index in [1.165, 1.54) is 25.1 Å². The second-order valence-electron chi connectivity index (χ2n) is 6.11. The molecule has 3 rings (SSSR count). The quantitative estimate of drug-likeness (QED) is 0.638. The first-order valence-corrected chi connectivity index (χ1v) is 11.2. The number of halogens is 1. The van der Waals surface area contributed by atoms with Crippen molar-refractivity contribution in [3.8, 4) is 0 Å². The Morgan fingerprint density at radius 2 is 2.17 bits per heavy atom. The van der Waals surface area contributed by atoms with Crippen molar-refractivity contribution in [2.75, 3.05) is 36.3 Å². The maximum absolute atomic E-state index is 12.6. The van der Waals surface area contributed by atoms with Crippen LogP contribution < -0.4 is 10.0 Å². The predicted octanol–water partition coefficient (Wildman–Crippen LogP) is 1.35. The highest BCUT2D eigenvalue weighted by Gasteiger charge is 2.21. The monoisotopic (exact) mass is 459 g/mol. The number of carbonyl (C=O) groups excluding carboxylic acids is 2. The average molecular weight is 460 g/mol. The van der Waals surface area contributed by atoms with Gasteiger partial charge in [-0.3, -0.25) is 14.3 Å². The molecule has 2 heterocycles. The van der Waals surface area contributed by atoms with Crippen LogP contribution in [0.2, 0.25) is 5.02 Å². The number of aromatic nitrogens is 2. The van der Waals surface area contributed by atoms with Crippen molar-refractivity contribution in [1.82, 2.24) is 15.1 Å². The largest absolute Gasteiger partial charge is 0.370 e. The number of rotatable bonds is 7. The highest BCUT2D eigenvalue weighted by molar-refractivity contribution is 7.93. The third-order valence-corrected chi connectivity index (χ3v) is 6.61. The van der Waals surface area contributed by atoms with Crippen LogP contribution in [0.15, 0.2) is 23.1 Å². The van der Waals surface area contributed by atoms with Gasteiger partial charge in [0.1, 0.15) is 11.6 Å². The van der Waals surface area contributed by atoms with Gasteiger partial charge in [0.15, 0.2) is 0 Å². The van der Waals surface area contributed by atoms with Gasteiger partial charge in [-0.2, -0.15) is 0 Å². The molecule has 0 atom stereocenters. The lowest BCUT2D eigenvalue weighted by Crippen LogP contribution is -2.42. The highest BCUT2D eigenvalue weighted by atomic mass is 35.5. The summed E-state index contributed by atoms with van der Waals surface area (Å²) in [6, 6.07) is 3.97. The number of ether oxygens (including phenoxy) is 1. The Morgan fingerprint density at radius 1 is 1.38 bits per heavy atom. The summed E-state index contributed by atoms with van der Waals surface area (Å²) in [5.74, 6) is -0.401. The van der Waals surface area contributed by atoms with E-state index in [0.717, 1.165) is 11.3 Å². The van der Waals surface area contributed by atoms with Crippen LogP contribution in [0.1, 0.15) is 11.9 Å². The van der Waals surface area contributed by atoms with Crippen LogP contribution in [0.5, 0.6) is 0 Å². The zero-order valence-electron chi connectivity index (χ0n) is 15.3. The minimum absolute atomic E-state index is 0.0739. The molecule has 1 aliphatic rings. The third-order valence-electron chi connectivity index (χ3n) is 3.93. The van der Waals surface area contributed by atoms with Gasteiger partial charge in [0.05, 0.1) is 22.2 Å². The number of nitrogens with zero attached hydrogens (tertiary/aromatic N) is 3. The number of nitrogens with one attached hydrogen (secondary N) is 2. The number of benzene rings is 1. The van der Waals surface area contributed by atoms with Gasteiger partial charge in [0, 0.05) is 26.4 Å². The molecule has 13 heteroatoms. The summed E-state index contributed by atoms with van der Waals surface area (Å²) in [4.78, 5) is 24.4. The lowest BCUT2D eigenvalue weighted by atomic mass is 10.3. The van der Waals surface area contributed by atoms with Gasteiger partial charge < -0.3 is 15.0 Å². The van der Waals surface area contributed by atoms with E-state index in [2.05, 4.69) is 20.2 Å². The van der Waals surface area contributed by atoms with Crippen LogP contribution in [0.3, 0.4) is 0 Å². The fourth-order valence-electron chi connectivity index (χ4n) is 2.54. The second-order valence-corrected chi connectivity index (χ2v) is 9.26. The Hall–Kier alpha value is -2.28. The molecule has 1 saturated heterocycles. The maximum Gasteiger partial charge on any atom is 0.263 e. The van der Waals surface area contributed by atoms with E-state index in [4.69, 9.17) is 16.3 Å². The zero-order valence-corrected chi connectivity index (χ0v) is 17.7. The smallest absolute Gasteiger partial charge is 0.263 e. The zero-order chi connectivity index (χ0) is 21.0. The van der Waals surface area contributed by atoms with E-state index in [0.29, 0.717) is 36.8 Å². The number of sulfonamides is 1. The number of morpholine rings is 1. The molecule has 2 N–H and O–H groups in total. The molecule has 1 aromatic heterocycles. The van der Waals surface area contributed by atoms with E-state index in [-0.39, 0.29) is 33.5 Å². The summed E-state index contributed by atoms with van der Waals surface area (Å²) in [6.45, 7) is 2.88. The van der Waals surface area contributed by atoms with E-state index in [1.54, 1.807) is 4.90 Å². The number of hydrogen-bond donors (Lipinski definition) is 2. The summed E-state index contributed by atoms with van der Waals surface area (Å²) in [5.41, 5.74) is 0.314. The van der Waals surface area contributed by atoms with E-state index in [1.807, 2.05) is 0 Å². The van der Waals surface area contributed by atoms with Crippen LogP contribution in [-0.4, -0.2) is 61.6 Å². The van der Waals surface area contributed by atoms with Gasteiger partial charge in [0.25, 0.3) is 10.0 Å². The minimum Gasteiger partial charge on any atom is -0.370 e. The minimum atomic E-state index is -3.93. The number of hydrogen-bond acceptors (Lipinski definition) is 8. The van der Waals surface area contributed by atoms with Gasteiger partial charge >= 0.3 is 0 Å². The summed E-state index contributed by atoms with van der Waals surface area (Å²) >= 11 is 7.13. The number of carbonyl (C=O) groups is 2. The van der Waals surface area contributed by atoms with Crippen LogP contribution >= 0.6 is 22.9 Å². The van der Waals surface area contributed by atoms with Crippen molar-refractivity contribution in [2.45, 2.75) is 18.2 Å². The molecule has 0 unspecified atom stereocenters. The molecule has 10 nitrogen and oxygen atoms in total. The van der Waals surface area contributed by atoms with Crippen LogP contribution in [0.25, 0.3) is 0 Å². The van der Waals surface area contributed by atoms with Crippen molar-refractivity contribution in [2.24, 2.45) is 0 Å². The first kappa shape index (κ1) is 21.4. The predicted molar refractivity (Wildman–Crippen MR) is 108 cm³/mol. The Kier molecular flexibility index (Phi) is 6.67. The normalized spacial score (nSPS) is 14.7. The van der Waals surface area contributed by atoms with Gasteiger partial charge in [-0.05, 0) is 18.2 Å². The Balaban J connectivity index is 1.64. The fourth-order valence-corrected chi connectivity index (χ4v) is 4.82. The molecule has 1 aromatic carbocycles. The van der Waals surface area contributed by atoms with Crippen molar-refractivity contribution >= 4 is 55.6 Å². The molecule has 0 radical (unpaired) electrons. The Bertz CT molecular complexity index is 1030. The SMILES string of the molecule is CC(=O)Nc1ccc(S(=O)(=O)Nc2nnc(CCN3CCOCC3=O)s2)cc1Cl.